The molecular weight excluding hydrogens is 86.1 g/mol. The van der Waals surface area contributed by atoms with Gasteiger partial charge in [-0.1, -0.05) is 13.0 Å². The van der Waals surface area contributed by atoms with Crippen molar-refractivity contribution < 1.29 is 0 Å². The van der Waals surface area contributed by atoms with Crippen molar-refractivity contribution in [3.63, 3.8) is 0 Å². The van der Waals surface area contributed by atoms with E-state index in [0.29, 0.717) is 0 Å². The number of aliphatic imine (C=N–C) groups is 1. The van der Waals surface area contributed by atoms with Gasteiger partial charge in [0.2, 0.25) is 0 Å². The summed E-state index contributed by atoms with van der Waals surface area (Å²) in [6.07, 6.45) is 5.34. The zero-order chi connectivity index (χ0) is 5.11. The maximum atomic E-state index is 3.97. The van der Waals surface area contributed by atoms with Crippen molar-refractivity contribution in [3.8, 4) is 0 Å². The minimum Gasteiger partial charge on any atom is -0.281 e. The molecule has 1 heteroatoms. The van der Waals surface area contributed by atoms with E-state index in [0.717, 1.165) is 13.0 Å². The fourth-order valence-corrected chi connectivity index (χ4v) is 0.405. The molecule has 0 aromatic heterocycles. The van der Waals surface area contributed by atoms with Gasteiger partial charge in [-0.15, -0.1) is 0 Å². The molecule has 1 aliphatic heterocycles. The maximum absolute atomic E-state index is 3.97. The van der Waals surface area contributed by atoms with Gasteiger partial charge < -0.3 is 0 Å². The van der Waals surface area contributed by atoms with Crippen molar-refractivity contribution >= 4 is 5.71 Å². The highest BCUT2D eigenvalue weighted by atomic mass is 14.9. The number of rotatable bonds is 2. The van der Waals surface area contributed by atoms with E-state index in [-0.39, 0.29) is 0 Å². The molecule has 0 aliphatic carbocycles. The zero-order valence-electron chi connectivity index (χ0n) is 4.52. The molecule has 0 amide bonds. The van der Waals surface area contributed by atoms with E-state index in [1.54, 1.807) is 0 Å². The van der Waals surface area contributed by atoms with Crippen LogP contribution in [0.2, 0.25) is 0 Å². The van der Waals surface area contributed by atoms with Gasteiger partial charge in [0, 0.05) is 0 Å². The van der Waals surface area contributed by atoms with Gasteiger partial charge in [0.15, 0.2) is 0 Å². The summed E-state index contributed by atoms with van der Waals surface area (Å²) < 4.78 is 0. The minimum atomic E-state index is 0.983. The second-order valence-electron chi connectivity index (χ2n) is 1.62. The third kappa shape index (κ3) is 1.53. The highest BCUT2D eigenvalue weighted by Crippen LogP contribution is 1.97. The molecule has 0 aromatic rings. The number of nitrogens with zero attached hydrogens (tertiary/aromatic N) is 1. The van der Waals surface area contributed by atoms with Crippen molar-refractivity contribution in [1.82, 2.24) is 0 Å². The molecule has 0 unspecified atom stereocenters. The normalized spacial score (nSPS) is 17.6. The number of hydrogen-bond acceptors (Lipinski definition) is 1. The summed E-state index contributed by atoms with van der Waals surface area (Å²) >= 11 is 0. The van der Waals surface area contributed by atoms with Crippen LogP contribution in [-0.2, 0) is 0 Å². The Hall–Kier alpha value is -0.590. The van der Waals surface area contributed by atoms with E-state index >= 15 is 0 Å². The van der Waals surface area contributed by atoms with Crippen molar-refractivity contribution in [2.75, 3.05) is 6.54 Å². The summed E-state index contributed by atoms with van der Waals surface area (Å²) in [7, 11) is 0. The van der Waals surface area contributed by atoms with Crippen LogP contribution in [-0.4, -0.2) is 12.3 Å². The van der Waals surface area contributed by atoms with Gasteiger partial charge in [-0.25, -0.2) is 0 Å². The first kappa shape index (κ1) is 4.57. The van der Waals surface area contributed by atoms with E-state index in [9.17, 15) is 0 Å². The highest BCUT2D eigenvalue weighted by Gasteiger charge is 2.01. The Kier molecular flexibility index (Phi) is 1.25. The Morgan fingerprint density at radius 1 is 1.86 bits per heavy atom. The lowest BCUT2D eigenvalue weighted by molar-refractivity contribution is 1.23. The molecule has 0 radical (unpaired) electrons. The lowest BCUT2D eigenvalue weighted by atomic mass is 10.4. The Balaban J connectivity index is 2.18. The van der Waals surface area contributed by atoms with Crippen molar-refractivity contribution in [1.29, 1.82) is 0 Å². The molecule has 0 saturated heterocycles. The molecule has 0 spiro atoms. The summed E-state index contributed by atoms with van der Waals surface area (Å²) in [5.74, 6) is 0. The molecule has 0 fully saturated rings. The van der Waals surface area contributed by atoms with Gasteiger partial charge in [0.25, 0.3) is 0 Å². The van der Waals surface area contributed by atoms with Crippen molar-refractivity contribution in [3.05, 3.63) is 12.2 Å². The average Bonchev–Trinajstić information content (AvgIpc) is 2.42. The number of allylic oxidation sites excluding steroid dienone is 1. The van der Waals surface area contributed by atoms with Crippen LogP contribution < -0.4 is 0 Å². The molecular formula is C6H9N. The van der Waals surface area contributed by atoms with Crippen LogP contribution in [0.3, 0.4) is 0 Å². The lowest BCUT2D eigenvalue weighted by Gasteiger charge is -1.69. The third-order valence-electron chi connectivity index (χ3n) is 0.887. The van der Waals surface area contributed by atoms with Crippen LogP contribution in [0.5, 0.6) is 0 Å². The quantitative estimate of drug-likeness (QED) is 0.491. The van der Waals surface area contributed by atoms with Gasteiger partial charge in [-0.3, -0.25) is 4.99 Å². The fraction of sp³-hybridized carbons (Fsp3) is 0.500. The molecule has 1 aliphatic rings. The van der Waals surface area contributed by atoms with Gasteiger partial charge in [-0.2, -0.15) is 0 Å². The van der Waals surface area contributed by atoms with Crippen LogP contribution in [0.15, 0.2) is 17.1 Å². The molecule has 0 aromatic carbocycles. The highest BCUT2D eigenvalue weighted by molar-refractivity contribution is 6.05. The summed E-state index contributed by atoms with van der Waals surface area (Å²) in [5.41, 5.74) is 1.25. The molecule has 0 atom stereocenters. The van der Waals surface area contributed by atoms with Gasteiger partial charge in [-0.05, 0) is 12.5 Å². The fourth-order valence-electron chi connectivity index (χ4n) is 0.405. The molecule has 7 heavy (non-hydrogen) atoms. The SMILES string of the molecule is CC/C=C/C1=NC1. The molecule has 1 rings (SSSR count). The molecule has 0 bridgehead atoms. The summed E-state index contributed by atoms with van der Waals surface area (Å²) in [5, 5.41) is 0. The molecule has 1 nitrogen and oxygen atoms in total. The van der Waals surface area contributed by atoms with Crippen LogP contribution in [0.25, 0.3) is 0 Å². The Bertz CT molecular complexity index is 111. The summed E-state index contributed by atoms with van der Waals surface area (Å²) in [4.78, 5) is 3.97. The van der Waals surface area contributed by atoms with Gasteiger partial charge in [0.05, 0.1) is 12.3 Å². The first-order valence-corrected chi connectivity index (χ1v) is 2.63. The molecule has 1 heterocycles. The minimum absolute atomic E-state index is 0.983. The maximum Gasteiger partial charge on any atom is 0.0811 e. The van der Waals surface area contributed by atoms with E-state index in [1.807, 2.05) is 0 Å². The first-order valence-electron chi connectivity index (χ1n) is 2.63. The molecule has 0 N–H and O–H groups in total. The summed E-state index contributed by atoms with van der Waals surface area (Å²) in [6, 6.07) is 0. The van der Waals surface area contributed by atoms with Crippen LogP contribution in [0, 0.1) is 0 Å². The molecule has 0 saturated carbocycles. The van der Waals surface area contributed by atoms with Crippen LogP contribution in [0.1, 0.15) is 13.3 Å². The Morgan fingerprint density at radius 3 is 3.00 bits per heavy atom. The Labute approximate surface area is 43.8 Å². The van der Waals surface area contributed by atoms with E-state index in [4.69, 9.17) is 0 Å². The van der Waals surface area contributed by atoms with Crippen molar-refractivity contribution in [2.24, 2.45) is 4.99 Å². The predicted octanol–water partition coefficient (Wildman–Crippen LogP) is 1.41. The zero-order valence-corrected chi connectivity index (χ0v) is 4.52. The van der Waals surface area contributed by atoms with Crippen LogP contribution >= 0.6 is 0 Å². The van der Waals surface area contributed by atoms with E-state index in [2.05, 4.69) is 24.1 Å². The number of hydrogen-bond donors (Lipinski definition) is 0. The van der Waals surface area contributed by atoms with E-state index in [1.165, 1.54) is 5.71 Å². The predicted molar refractivity (Wildman–Crippen MR) is 31.7 cm³/mol. The largest absolute Gasteiger partial charge is 0.281 e. The van der Waals surface area contributed by atoms with Crippen LogP contribution in [0.4, 0.5) is 0 Å². The monoisotopic (exact) mass is 95.1 g/mol. The summed E-state index contributed by atoms with van der Waals surface area (Å²) in [6.45, 7) is 3.11. The molecule has 38 valence electrons. The third-order valence-corrected chi connectivity index (χ3v) is 0.887. The second-order valence-corrected chi connectivity index (χ2v) is 1.62. The topological polar surface area (TPSA) is 12.4 Å². The van der Waals surface area contributed by atoms with Gasteiger partial charge in [0.1, 0.15) is 0 Å². The standard InChI is InChI=1S/C6H9N/c1-2-3-4-6-5-7-6/h3-4H,2,5H2,1H3/b4-3+. The van der Waals surface area contributed by atoms with Gasteiger partial charge >= 0.3 is 0 Å². The Morgan fingerprint density at radius 2 is 2.57 bits per heavy atom. The van der Waals surface area contributed by atoms with Crippen molar-refractivity contribution in [2.45, 2.75) is 13.3 Å². The lowest BCUT2D eigenvalue weighted by Crippen LogP contribution is -1.68. The second kappa shape index (κ2) is 1.92. The smallest absolute Gasteiger partial charge is 0.0811 e. The average molecular weight is 95.1 g/mol. The van der Waals surface area contributed by atoms with E-state index < -0.39 is 0 Å². The first-order chi connectivity index (χ1) is 3.43.